The van der Waals surface area contributed by atoms with Gasteiger partial charge in [-0.2, -0.15) is 0 Å². The number of carbonyl (C=O) groups is 2. The van der Waals surface area contributed by atoms with Gasteiger partial charge < -0.3 is 16.0 Å². The van der Waals surface area contributed by atoms with Gasteiger partial charge in [0.25, 0.3) is 5.91 Å². The molecule has 1 saturated heterocycles. The van der Waals surface area contributed by atoms with Gasteiger partial charge in [0.15, 0.2) is 0 Å². The van der Waals surface area contributed by atoms with E-state index in [-0.39, 0.29) is 29.6 Å². The number of benzene rings is 1. The Morgan fingerprint density at radius 2 is 2.09 bits per heavy atom. The zero-order valence-electron chi connectivity index (χ0n) is 11.7. The summed E-state index contributed by atoms with van der Waals surface area (Å²) in [7, 11) is 0. The largest absolute Gasteiger partial charge is 0.384 e. The molecular weight excluding hydrogens is 285 g/mol. The predicted octanol–water partition coefficient (Wildman–Crippen LogP) is 1.15. The summed E-state index contributed by atoms with van der Waals surface area (Å²) in [5, 5.41) is 8.68. The lowest BCUT2D eigenvalue weighted by Gasteiger charge is -2.24. The second-order valence-corrected chi connectivity index (χ2v) is 5.67. The van der Waals surface area contributed by atoms with Crippen LogP contribution in [-0.2, 0) is 9.59 Å². The molecule has 5 nitrogen and oxygen atoms in total. The Bertz CT molecular complexity index is 754. The molecule has 2 amide bonds. The van der Waals surface area contributed by atoms with E-state index < -0.39 is 0 Å². The smallest absolute Gasteiger partial charge is 0.256 e. The molecular formula is C16H14FN3O2. The predicted molar refractivity (Wildman–Crippen MR) is 79.1 cm³/mol. The van der Waals surface area contributed by atoms with Crippen molar-refractivity contribution in [3.8, 4) is 0 Å². The van der Waals surface area contributed by atoms with Crippen LogP contribution in [0.2, 0.25) is 0 Å². The number of hydrogen-bond donors (Lipinski definition) is 3. The lowest BCUT2D eigenvalue weighted by molar-refractivity contribution is -0.118. The summed E-state index contributed by atoms with van der Waals surface area (Å²) in [5.41, 5.74) is 2.35. The number of rotatable bonds is 1. The molecule has 3 heterocycles. The minimum atomic E-state index is -0.378. The molecule has 6 heteroatoms. The van der Waals surface area contributed by atoms with Gasteiger partial charge in [0, 0.05) is 41.1 Å². The molecule has 3 aliphatic rings. The number of nitrogens with one attached hydrogen (secondary N) is 3. The fourth-order valence-corrected chi connectivity index (χ4v) is 3.28. The van der Waals surface area contributed by atoms with Gasteiger partial charge in [-0.25, -0.2) is 4.39 Å². The first-order valence-corrected chi connectivity index (χ1v) is 7.21. The maximum Gasteiger partial charge on any atom is 0.256 e. The van der Waals surface area contributed by atoms with Crippen molar-refractivity contribution >= 4 is 23.1 Å². The number of fused-ring (bicyclic) bond motifs is 2. The lowest BCUT2D eigenvalue weighted by atomic mass is 9.87. The topological polar surface area (TPSA) is 70.2 Å². The van der Waals surface area contributed by atoms with Gasteiger partial charge in [0.1, 0.15) is 5.82 Å². The average Bonchev–Trinajstić information content (AvgIpc) is 3.03. The number of halogens is 1. The summed E-state index contributed by atoms with van der Waals surface area (Å²) in [6.45, 7) is 0.625. The molecule has 0 radical (unpaired) electrons. The maximum atomic E-state index is 13.5. The van der Waals surface area contributed by atoms with E-state index in [1.165, 1.54) is 12.1 Å². The molecule has 0 saturated carbocycles. The van der Waals surface area contributed by atoms with Crippen molar-refractivity contribution in [2.75, 3.05) is 11.9 Å². The number of hydrogen-bond acceptors (Lipinski definition) is 3. The number of piperidine rings is 1. The highest BCUT2D eigenvalue weighted by Gasteiger charge is 2.36. The second-order valence-electron chi connectivity index (χ2n) is 5.67. The zero-order chi connectivity index (χ0) is 15.3. The number of anilines is 1. The van der Waals surface area contributed by atoms with Crippen molar-refractivity contribution in [2.45, 2.75) is 12.5 Å². The fourth-order valence-electron chi connectivity index (χ4n) is 3.28. The average molecular weight is 299 g/mol. The van der Waals surface area contributed by atoms with Crippen LogP contribution in [0.15, 0.2) is 36.0 Å². The van der Waals surface area contributed by atoms with Crippen molar-refractivity contribution in [1.82, 2.24) is 10.6 Å². The highest BCUT2D eigenvalue weighted by atomic mass is 19.1. The van der Waals surface area contributed by atoms with Gasteiger partial charge in [-0.3, -0.25) is 9.59 Å². The molecule has 1 aromatic rings. The first-order valence-electron chi connectivity index (χ1n) is 7.21. The third kappa shape index (κ3) is 1.91. The molecule has 2 atom stereocenters. The molecule has 0 bridgehead atoms. The van der Waals surface area contributed by atoms with Crippen LogP contribution in [0.4, 0.5) is 10.1 Å². The molecule has 112 valence electrons. The molecule has 3 N–H and O–H groups in total. The molecule has 1 fully saturated rings. The second kappa shape index (κ2) is 4.69. The van der Waals surface area contributed by atoms with Crippen molar-refractivity contribution in [3.05, 3.63) is 47.4 Å². The molecule has 4 rings (SSSR count). The van der Waals surface area contributed by atoms with Crippen LogP contribution in [0.1, 0.15) is 12.0 Å². The van der Waals surface area contributed by atoms with E-state index >= 15 is 0 Å². The van der Waals surface area contributed by atoms with Gasteiger partial charge in [0.2, 0.25) is 5.91 Å². The van der Waals surface area contributed by atoms with Gasteiger partial charge in [-0.05, 0) is 30.7 Å². The summed E-state index contributed by atoms with van der Waals surface area (Å²) < 4.78 is 13.5. The van der Waals surface area contributed by atoms with Gasteiger partial charge in [-0.15, -0.1) is 0 Å². The highest BCUT2D eigenvalue weighted by Crippen LogP contribution is 2.35. The molecule has 22 heavy (non-hydrogen) atoms. The normalized spacial score (nSPS) is 27.7. The Hall–Kier alpha value is -2.63. The Morgan fingerprint density at radius 3 is 2.95 bits per heavy atom. The van der Waals surface area contributed by atoms with Crippen LogP contribution in [-0.4, -0.2) is 24.4 Å². The van der Waals surface area contributed by atoms with E-state index in [1.807, 2.05) is 0 Å². The van der Waals surface area contributed by atoms with Crippen molar-refractivity contribution in [3.63, 3.8) is 0 Å². The number of carbonyl (C=O) groups excluding carboxylic acids is 2. The SMILES string of the molecule is O=C1NCCC2C1=CNC2/C=C1\C(=O)Nc2ccc(F)cc21. The van der Waals surface area contributed by atoms with E-state index in [2.05, 4.69) is 16.0 Å². The lowest BCUT2D eigenvalue weighted by Crippen LogP contribution is -2.39. The van der Waals surface area contributed by atoms with E-state index in [0.717, 1.165) is 6.42 Å². The Balaban J connectivity index is 1.69. The van der Waals surface area contributed by atoms with E-state index in [1.54, 1.807) is 18.3 Å². The third-order valence-electron chi connectivity index (χ3n) is 4.38. The minimum Gasteiger partial charge on any atom is -0.384 e. The summed E-state index contributed by atoms with van der Waals surface area (Å²) >= 11 is 0. The van der Waals surface area contributed by atoms with Crippen LogP contribution in [0, 0.1) is 11.7 Å². The molecule has 0 aliphatic carbocycles. The van der Waals surface area contributed by atoms with Crippen LogP contribution in [0.5, 0.6) is 0 Å². The highest BCUT2D eigenvalue weighted by molar-refractivity contribution is 6.31. The van der Waals surface area contributed by atoms with Gasteiger partial charge in [0.05, 0.1) is 6.04 Å². The monoisotopic (exact) mass is 299 g/mol. The van der Waals surface area contributed by atoms with Crippen molar-refractivity contribution in [1.29, 1.82) is 0 Å². The summed E-state index contributed by atoms with van der Waals surface area (Å²) in [6.07, 6.45) is 4.32. The number of amides is 2. The van der Waals surface area contributed by atoms with Crippen molar-refractivity contribution < 1.29 is 14.0 Å². The Labute approximate surface area is 126 Å². The molecule has 0 aromatic heterocycles. The quantitative estimate of drug-likeness (QED) is 0.681. The van der Waals surface area contributed by atoms with Crippen LogP contribution in [0.3, 0.4) is 0 Å². The molecule has 0 spiro atoms. The minimum absolute atomic E-state index is 0.0478. The third-order valence-corrected chi connectivity index (χ3v) is 4.38. The Kier molecular flexibility index (Phi) is 2.79. The van der Waals surface area contributed by atoms with Crippen LogP contribution >= 0.6 is 0 Å². The summed E-state index contributed by atoms with van der Waals surface area (Å²) in [6, 6.07) is 4.11. The van der Waals surface area contributed by atoms with E-state index in [9.17, 15) is 14.0 Å². The molecule has 1 aromatic carbocycles. The first kappa shape index (κ1) is 13.1. The van der Waals surface area contributed by atoms with Crippen LogP contribution < -0.4 is 16.0 Å². The molecule has 3 aliphatic heterocycles. The summed E-state index contributed by atoms with van der Waals surface area (Å²) in [4.78, 5) is 23.9. The fraction of sp³-hybridized carbons (Fsp3) is 0.250. The van der Waals surface area contributed by atoms with Gasteiger partial charge in [-0.1, -0.05) is 0 Å². The zero-order valence-corrected chi connectivity index (χ0v) is 11.7. The summed E-state index contributed by atoms with van der Waals surface area (Å²) in [5.74, 6) is -0.633. The maximum absolute atomic E-state index is 13.5. The Morgan fingerprint density at radius 1 is 1.23 bits per heavy atom. The standard InChI is InChI=1S/C16H14FN3O2/c17-8-1-2-13-10(5-8)11(16(22)20-13)6-14-9-3-4-18-15(21)12(9)7-19-14/h1-2,5-7,9,14,19H,3-4H2,(H,18,21)(H,20,22)/b11-6-. The van der Waals surface area contributed by atoms with E-state index in [4.69, 9.17) is 0 Å². The van der Waals surface area contributed by atoms with Gasteiger partial charge >= 0.3 is 0 Å². The first-order chi connectivity index (χ1) is 10.6. The van der Waals surface area contributed by atoms with Crippen molar-refractivity contribution in [2.24, 2.45) is 5.92 Å². The molecule has 2 unspecified atom stereocenters. The van der Waals surface area contributed by atoms with E-state index in [0.29, 0.717) is 28.9 Å². The van der Waals surface area contributed by atoms with Crippen LogP contribution in [0.25, 0.3) is 5.57 Å².